The van der Waals surface area contributed by atoms with Crippen LogP contribution in [0.25, 0.3) is 0 Å². The van der Waals surface area contributed by atoms with Gasteiger partial charge in [-0.3, -0.25) is 0 Å². The van der Waals surface area contributed by atoms with E-state index in [1.54, 1.807) is 7.11 Å². The summed E-state index contributed by atoms with van der Waals surface area (Å²) in [4.78, 5) is 0. The average Bonchev–Trinajstić information content (AvgIpc) is 3.00. The maximum Gasteiger partial charge on any atom is 0.161 e. The minimum atomic E-state index is 0.689. The number of ether oxygens (including phenoxy) is 2. The van der Waals surface area contributed by atoms with Crippen LogP contribution in [0.3, 0.4) is 0 Å². The molecule has 0 amide bonds. The number of methoxy groups -OCH3 is 1. The van der Waals surface area contributed by atoms with Crippen LogP contribution >= 0.6 is 0 Å². The van der Waals surface area contributed by atoms with Gasteiger partial charge < -0.3 is 14.8 Å². The van der Waals surface area contributed by atoms with Crippen LogP contribution in [-0.4, -0.2) is 26.8 Å². The van der Waals surface area contributed by atoms with Gasteiger partial charge in [-0.2, -0.15) is 0 Å². The van der Waals surface area contributed by atoms with Gasteiger partial charge in [-0.15, -0.1) is 0 Å². The summed E-state index contributed by atoms with van der Waals surface area (Å²) in [6, 6.07) is 6.17. The van der Waals surface area contributed by atoms with E-state index in [4.69, 9.17) is 9.47 Å². The van der Waals surface area contributed by atoms with Crippen molar-refractivity contribution in [3.8, 4) is 11.5 Å². The molecule has 1 fully saturated rings. The maximum absolute atomic E-state index is 5.80. The average molecular weight is 277 g/mol. The van der Waals surface area contributed by atoms with E-state index in [9.17, 15) is 0 Å². The summed E-state index contributed by atoms with van der Waals surface area (Å²) < 4.78 is 11.2. The zero-order valence-electron chi connectivity index (χ0n) is 12.8. The monoisotopic (exact) mass is 277 g/mol. The Morgan fingerprint density at radius 2 is 2.00 bits per heavy atom. The lowest BCUT2D eigenvalue weighted by atomic mass is 10.1. The molecule has 0 atom stereocenters. The van der Waals surface area contributed by atoms with E-state index in [1.165, 1.54) is 31.2 Å². The van der Waals surface area contributed by atoms with Crippen molar-refractivity contribution >= 4 is 0 Å². The highest BCUT2D eigenvalue weighted by atomic mass is 16.5. The molecule has 0 aliphatic heterocycles. The summed E-state index contributed by atoms with van der Waals surface area (Å²) in [6.07, 6.45) is 6.60. The van der Waals surface area contributed by atoms with Crippen LogP contribution in [0.1, 0.15) is 38.2 Å². The lowest BCUT2D eigenvalue weighted by Crippen LogP contribution is -2.26. The third kappa shape index (κ3) is 4.41. The fourth-order valence-corrected chi connectivity index (χ4v) is 2.80. The van der Waals surface area contributed by atoms with Crippen LogP contribution in [0.4, 0.5) is 0 Å². The zero-order chi connectivity index (χ0) is 14.2. The largest absolute Gasteiger partial charge is 0.493 e. The van der Waals surface area contributed by atoms with Gasteiger partial charge in [0.1, 0.15) is 6.61 Å². The molecule has 2 rings (SSSR count). The number of hydrogen-bond acceptors (Lipinski definition) is 3. The van der Waals surface area contributed by atoms with Crippen LogP contribution < -0.4 is 14.8 Å². The van der Waals surface area contributed by atoms with Crippen LogP contribution in [0, 0.1) is 5.92 Å². The molecule has 0 aromatic heterocycles. The second-order valence-corrected chi connectivity index (χ2v) is 5.54. The Bertz CT molecular complexity index is 400. The van der Waals surface area contributed by atoms with E-state index in [1.807, 2.05) is 6.07 Å². The zero-order valence-corrected chi connectivity index (χ0v) is 12.8. The van der Waals surface area contributed by atoms with Gasteiger partial charge in [-0.1, -0.05) is 25.8 Å². The second-order valence-electron chi connectivity index (χ2n) is 5.54. The Labute approximate surface area is 122 Å². The standard InChI is InChI=1S/C17H27NO2/c1-3-14-8-9-16(17(12-14)19-2)20-11-10-18-13-15-6-4-5-7-15/h8-9,12,15,18H,3-7,10-11,13H2,1-2H3. The van der Waals surface area contributed by atoms with Crippen LogP contribution in [0.15, 0.2) is 18.2 Å². The Kier molecular flexibility index (Phi) is 6.19. The van der Waals surface area contributed by atoms with E-state index in [0.717, 1.165) is 36.9 Å². The Balaban J connectivity index is 1.70. The van der Waals surface area contributed by atoms with Crippen molar-refractivity contribution in [3.05, 3.63) is 23.8 Å². The van der Waals surface area contributed by atoms with Crippen molar-refractivity contribution in [3.63, 3.8) is 0 Å². The SMILES string of the molecule is CCc1ccc(OCCNCC2CCCC2)c(OC)c1. The Morgan fingerprint density at radius 3 is 2.70 bits per heavy atom. The fourth-order valence-electron chi connectivity index (χ4n) is 2.80. The molecule has 3 nitrogen and oxygen atoms in total. The Hall–Kier alpha value is -1.22. The molecule has 1 aromatic rings. The first-order valence-electron chi connectivity index (χ1n) is 7.84. The fraction of sp³-hybridized carbons (Fsp3) is 0.647. The second kappa shape index (κ2) is 8.15. The van der Waals surface area contributed by atoms with Gasteiger partial charge in [0.05, 0.1) is 7.11 Å². The molecule has 1 N–H and O–H groups in total. The third-order valence-corrected chi connectivity index (χ3v) is 4.08. The highest BCUT2D eigenvalue weighted by Crippen LogP contribution is 2.28. The maximum atomic E-state index is 5.80. The molecule has 1 saturated carbocycles. The van der Waals surface area contributed by atoms with E-state index in [2.05, 4.69) is 24.4 Å². The molecule has 1 aromatic carbocycles. The van der Waals surface area contributed by atoms with Crippen molar-refractivity contribution in [1.82, 2.24) is 5.32 Å². The summed E-state index contributed by atoms with van der Waals surface area (Å²) >= 11 is 0. The quantitative estimate of drug-likeness (QED) is 0.739. The van der Waals surface area contributed by atoms with Gasteiger partial charge >= 0.3 is 0 Å². The molecular formula is C17H27NO2. The molecule has 0 bridgehead atoms. The van der Waals surface area contributed by atoms with Crippen molar-refractivity contribution in [1.29, 1.82) is 0 Å². The summed E-state index contributed by atoms with van der Waals surface area (Å²) in [6.45, 7) is 4.86. The number of benzene rings is 1. The minimum absolute atomic E-state index is 0.689. The third-order valence-electron chi connectivity index (χ3n) is 4.08. The number of rotatable bonds is 8. The van der Waals surface area contributed by atoms with E-state index < -0.39 is 0 Å². The molecule has 112 valence electrons. The van der Waals surface area contributed by atoms with Crippen molar-refractivity contribution < 1.29 is 9.47 Å². The summed E-state index contributed by atoms with van der Waals surface area (Å²) in [5.41, 5.74) is 1.27. The van der Waals surface area contributed by atoms with Gasteiger partial charge in [0, 0.05) is 6.54 Å². The van der Waals surface area contributed by atoms with Gasteiger partial charge in [-0.05, 0) is 49.4 Å². The normalized spacial score (nSPS) is 15.5. The lowest BCUT2D eigenvalue weighted by molar-refractivity contribution is 0.289. The molecule has 3 heteroatoms. The molecule has 0 unspecified atom stereocenters. The van der Waals surface area contributed by atoms with Crippen LogP contribution in [0.5, 0.6) is 11.5 Å². The smallest absolute Gasteiger partial charge is 0.161 e. The first-order chi connectivity index (χ1) is 9.83. The molecule has 0 heterocycles. The molecule has 0 radical (unpaired) electrons. The van der Waals surface area contributed by atoms with E-state index in [0.29, 0.717) is 6.61 Å². The minimum Gasteiger partial charge on any atom is -0.493 e. The number of hydrogen-bond donors (Lipinski definition) is 1. The van der Waals surface area contributed by atoms with Crippen LogP contribution in [0.2, 0.25) is 0 Å². The van der Waals surface area contributed by atoms with Crippen molar-refractivity contribution in [2.45, 2.75) is 39.0 Å². The van der Waals surface area contributed by atoms with E-state index >= 15 is 0 Å². The molecule has 1 aliphatic carbocycles. The van der Waals surface area contributed by atoms with Crippen molar-refractivity contribution in [2.24, 2.45) is 5.92 Å². The highest BCUT2D eigenvalue weighted by molar-refractivity contribution is 5.42. The number of aryl methyl sites for hydroxylation is 1. The first kappa shape index (κ1) is 15.2. The molecular weight excluding hydrogens is 250 g/mol. The van der Waals surface area contributed by atoms with Gasteiger partial charge in [0.2, 0.25) is 0 Å². The predicted octanol–water partition coefficient (Wildman–Crippen LogP) is 3.42. The van der Waals surface area contributed by atoms with Gasteiger partial charge in [0.15, 0.2) is 11.5 Å². The van der Waals surface area contributed by atoms with Crippen molar-refractivity contribution in [2.75, 3.05) is 26.8 Å². The first-order valence-corrected chi connectivity index (χ1v) is 7.84. The summed E-state index contributed by atoms with van der Waals surface area (Å²) in [5, 5.41) is 3.49. The number of nitrogens with one attached hydrogen (secondary N) is 1. The van der Waals surface area contributed by atoms with Gasteiger partial charge in [-0.25, -0.2) is 0 Å². The molecule has 0 saturated heterocycles. The summed E-state index contributed by atoms with van der Waals surface area (Å²) in [7, 11) is 1.69. The summed E-state index contributed by atoms with van der Waals surface area (Å²) in [5.74, 6) is 2.56. The lowest BCUT2D eigenvalue weighted by Gasteiger charge is -2.13. The molecule has 0 spiro atoms. The topological polar surface area (TPSA) is 30.5 Å². The van der Waals surface area contributed by atoms with Crippen LogP contribution in [-0.2, 0) is 6.42 Å². The predicted molar refractivity (Wildman–Crippen MR) is 82.7 cm³/mol. The van der Waals surface area contributed by atoms with Gasteiger partial charge in [0.25, 0.3) is 0 Å². The van der Waals surface area contributed by atoms with E-state index in [-0.39, 0.29) is 0 Å². The Morgan fingerprint density at radius 1 is 1.20 bits per heavy atom. The molecule has 1 aliphatic rings. The molecule has 20 heavy (non-hydrogen) atoms. The highest BCUT2D eigenvalue weighted by Gasteiger charge is 2.13.